The summed E-state index contributed by atoms with van der Waals surface area (Å²) in [7, 11) is 0. The molecule has 0 saturated heterocycles. The molecule has 3 nitrogen and oxygen atoms in total. The normalized spacial score (nSPS) is 25.7. The summed E-state index contributed by atoms with van der Waals surface area (Å²) in [5.74, 6) is 0. The van der Waals surface area contributed by atoms with Crippen LogP contribution in [0.1, 0.15) is 71.6 Å². The Hall–Kier alpha value is -0.730. The second kappa shape index (κ2) is 5.94. The van der Waals surface area contributed by atoms with Gasteiger partial charge in [0.2, 0.25) is 0 Å². The first-order valence-electron chi connectivity index (χ1n) is 7.62. The van der Waals surface area contributed by atoms with E-state index in [2.05, 4.69) is 24.5 Å². The molecule has 0 spiro atoms. The van der Waals surface area contributed by atoms with Crippen LogP contribution in [0.4, 0.5) is 4.79 Å². The highest BCUT2D eigenvalue weighted by Crippen LogP contribution is 2.34. The van der Waals surface area contributed by atoms with Gasteiger partial charge >= 0.3 is 6.03 Å². The van der Waals surface area contributed by atoms with Crippen LogP contribution in [0.25, 0.3) is 0 Å². The van der Waals surface area contributed by atoms with Crippen molar-refractivity contribution in [2.24, 2.45) is 5.41 Å². The summed E-state index contributed by atoms with van der Waals surface area (Å²) in [5.41, 5.74) is 0.470. The smallest absolute Gasteiger partial charge is 0.315 e. The molecule has 2 rings (SSSR count). The highest BCUT2D eigenvalue weighted by molar-refractivity contribution is 5.74. The van der Waals surface area contributed by atoms with Crippen molar-refractivity contribution < 1.29 is 4.79 Å². The van der Waals surface area contributed by atoms with Gasteiger partial charge in [0, 0.05) is 12.1 Å². The molecular formula is C15H28N2O. The lowest BCUT2D eigenvalue weighted by Crippen LogP contribution is -2.48. The molecule has 104 valence electrons. The van der Waals surface area contributed by atoms with Gasteiger partial charge in [-0.15, -0.1) is 0 Å². The van der Waals surface area contributed by atoms with Crippen LogP contribution >= 0.6 is 0 Å². The Morgan fingerprint density at radius 1 is 0.889 bits per heavy atom. The summed E-state index contributed by atoms with van der Waals surface area (Å²) in [6, 6.07) is 0.868. The predicted octanol–water partition coefficient (Wildman–Crippen LogP) is 3.59. The lowest BCUT2D eigenvalue weighted by molar-refractivity contribution is 0.194. The van der Waals surface area contributed by atoms with Gasteiger partial charge in [0.1, 0.15) is 0 Å². The number of nitrogens with one attached hydrogen (secondary N) is 2. The standard InChI is InChI=1S/C15H28N2O/c1-15(2)10-8-13(9-11-15)17-14(18)16-12-6-4-3-5-7-12/h12-13H,3-11H2,1-2H3,(H2,16,17,18). The average molecular weight is 252 g/mol. The van der Waals surface area contributed by atoms with Gasteiger partial charge in [0.25, 0.3) is 0 Å². The summed E-state index contributed by atoms with van der Waals surface area (Å²) < 4.78 is 0. The van der Waals surface area contributed by atoms with Crippen LogP contribution in [0, 0.1) is 5.41 Å². The fraction of sp³-hybridized carbons (Fsp3) is 0.933. The molecule has 2 aliphatic carbocycles. The third kappa shape index (κ3) is 4.18. The number of carbonyl (C=O) groups excluding carboxylic acids is 1. The van der Waals surface area contributed by atoms with E-state index in [1.165, 1.54) is 32.1 Å². The van der Waals surface area contributed by atoms with E-state index in [0.717, 1.165) is 25.7 Å². The molecule has 3 heteroatoms. The lowest BCUT2D eigenvalue weighted by atomic mass is 9.76. The van der Waals surface area contributed by atoms with Gasteiger partial charge in [-0.3, -0.25) is 0 Å². The van der Waals surface area contributed by atoms with Gasteiger partial charge in [-0.2, -0.15) is 0 Å². The third-order valence-corrected chi connectivity index (χ3v) is 4.61. The van der Waals surface area contributed by atoms with E-state index in [4.69, 9.17) is 0 Å². The summed E-state index contributed by atoms with van der Waals surface area (Å²) in [6.07, 6.45) is 10.9. The number of carbonyl (C=O) groups is 1. The SMILES string of the molecule is CC1(C)CCC(NC(=O)NC2CCCCC2)CC1. The van der Waals surface area contributed by atoms with Crippen molar-refractivity contribution in [3.05, 3.63) is 0 Å². The Morgan fingerprint density at radius 3 is 1.94 bits per heavy atom. The molecule has 0 aromatic heterocycles. The molecule has 0 aromatic rings. The molecule has 0 aromatic carbocycles. The average Bonchev–Trinajstić information content (AvgIpc) is 2.33. The van der Waals surface area contributed by atoms with Crippen molar-refractivity contribution in [1.82, 2.24) is 10.6 Å². The summed E-state index contributed by atoms with van der Waals surface area (Å²) in [6.45, 7) is 4.65. The molecule has 2 fully saturated rings. The highest BCUT2D eigenvalue weighted by Gasteiger charge is 2.27. The maximum absolute atomic E-state index is 11.9. The van der Waals surface area contributed by atoms with Gasteiger partial charge in [-0.25, -0.2) is 4.79 Å². The Balaban J connectivity index is 1.68. The van der Waals surface area contributed by atoms with Crippen molar-refractivity contribution in [1.29, 1.82) is 0 Å². The van der Waals surface area contributed by atoms with Gasteiger partial charge in [0.05, 0.1) is 0 Å². The van der Waals surface area contributed by atoms with Crippen molar-refractivity contribution in [3.8, 4) is 0 Å². The first-order valence-corrected chi connectivity index (χ1v) is 7.62. The van der Waals surface area contributed by atoms with E-state index in [9.17, 15) is 4.79 Å². The zero-order valence-corrected chi connectivity index (χ0v) is 11.9. The molecule has 2 aliphatic rings. The van der Waals surface area contributed by atoms with Crippen LogP contribution in [0.15, 0.2) is 0 Å². The predicted molar refractivity (Wildman–Crippen MR) is 74.6 cm³/mol. The molecule has 0 atom stereocenters. The van der Waals surface area contributed by atoms with E-state index in [0.29, 0.717) is 17.5 Å². The maximum Gasteiger partial charge on any atom is 0.315 e. The Bertz CT molecular complexity index is 272. The van der Waals surface area contributed by atoms with E-state index < -0.39 is 0 Å². The van der Waals surface area contributed by atoms with Gasteiger partial charge in [-0.05, 0) is 43.9 Å². The molecule has 0 heterocycles. The molecule has 2 N–H and O–H groups in total. The van der Waals surface area contributed by atoms with Crippen LogP contribution in [0.5, 0.6) is 0 Å². The fourth-order valence-corrected chi connectivity index (χ4v) is 3.20. The molecule has 2 saturated carbocycles. The van der Waals surface area contributed by atoms with E-state index >= 15 is 0 Å². The van der Waals surface area contributed by atoms with Crippen LogP contribution < -0.4 is 10.6 Å². The molecule has 18 heavy (non-hydrogen) atoms. The second-order valence-corrected chi connectivity index (χ2v) is 6.89. The van der Waals surface area contributed by atoms with Crippen LogP contribution in [0.2, 0.25) is 0 Å². The second-order valence-electron chi connectivity index (χ2n) is 6.89. The topological polar surface area (TPSA) is 41.1 Å². The zero-order valence-electron chi connectivity index (χ0n) is 11.9. The number of hydrogen-bond donors (Lipinski definition) is 2. The molecule has 0 radical (unpaired) electrons. The zero-order chi connectivity index (χ0) is 13.0. The number of amides is 2. The molecule has 0 unspecified atom stereocenters. The highest BCUT2D eigenvalue weighted by atomic mass is 16.2. The van der Waals surface area contributed by atoms with E-state index in [1.807, 2.05) is 0 Å². The van der Waals surface area contributed by atoms with Gasteiger partial charge in [-0.1, -0.05) is 33.1 Å². The Morgan fingerprint density at radius 2 is 1.39 bits per heavy atom. The van der Waals surface area contributed by atoms with Crippen LogP contribution in [-0.2, 0) is 0 Å². The van der Waals surface area contributed by atoms with Crippen LogP contribution in [-0.4, -0.2) is 18.1 Å². The van der Waals surface area contributed by atoms with Crippen molar-refractivity contribution in [3.63, 3.8) is 0 Å². The molecule has 0 bridgehead atoms. The first-order chi connectivity index (χ1) is 8.55. The van der Waals surface area contributed by atoms with Crippen LogP contribution in [0.3, 0.4) is 0 Å². The first kappa shape index (κ1) is 13.7. The third-order valence-electron chi connectivity index (χ3n) is 4.61. The number of rotatable bonds is 2. The molecule has 2 amide bonds. The Kier molecular flexibility index (Phi) is 4.52. The van der Waals surface area contributed by atoms with E-state index in [-0.39, 0.29) is 6.03 Å². The molecule has 0 aliphatic heterocycles. The largest absolute Gasteiger partial charge is 0.335 e. The quantitative estimate of drug-likeness (QED) is 0.775. The summed E-state index contributed by atoms with van der Waals surface area (Å²) >= 11 is 0. The monoisotopic (exact) mass is 252 g/mol. The van der Waals surface area contributed by atoms with Crippen molar-refractivity contribution in [2.75, 3.05) is 0 Å². The Labute approximate surface area is 111 Å². The van der Waals surface area contributed by atoms with Crippen molar-refractivity contribution in [2.45, 2.75) is 83.7 Å². The summed E-state index contributed by atoms with van der Waals surface area (Å²) in [5, 5.41) is 6.29. The number of hydrogen-bond acceptors (Lipinski definition) is 1. The molecular weight excluding hydrogens is 224 g/mol. The van der Waals surface area contributed by atoms with Gasteiger partial charge in [0.15, 0.2) is 0 Å². The summed E-state index contributed by atoms with van der Waals surface area (Å²) in [4.78, 5) is 11.9. The lowest BCUT2D eigenvalue weighted by Gasteiger charge is -2.35. The maximum atomic E-state index is 11.9. The van der Waals surface area contributed by atoms with E-state index in [1.54, 1.807) is 0 Å². The minimum absolute atomic E-state index is 0.0617. The van der Waals surface area contributed by atoms with Gasteiger partial charge < -0.3 is 10.6 Å². The minimum atomic E-state index is 0.0617. The minimum Gasteiger partial charge on any atom is -0.335 e. The fourth-order valence-electron chi connectivity index (χ4n) is 3.20. The number of urea groups is 1. The van der Waals surface area contributed by atoms with Crippen molar-refractivity contribution >= 4 is 6.03 Å².